The number of benzene rings is 1. The lowest BCUT2D eigenvalue weighted by Crippen LogP contribution is -2.35. The Balaban J connectivity index is 1.17. The Bertz CT molecular complexity index is 1470. The van der Waals surface area contributed by atoms with Gasteiger partial charge >= 0.3 is 0 Å². The fourth-order valence-electron chi connectivity index (χ4n) is 5.12. The van der Waals surface area contributed by atoms with Crippen molar-refractivity contribution in [2.45, 2.75) is 32.1 Å². The third kappa shape index (κ3) is 6.09. The molecule has 1 amide bonds. The number of aromatic nitrogens is 4. The van der Waals surface area contributed by atoms with Gasteiger partial charge in [-0.1, -0.05) is 17.7 Å². The maximum Gasteiger partial charge on any atom is 0.229 e. The SMILES string of the molecule is O=C(CC1CCN(c2ccccn2)CC1)Nc1ccc2cc1CCc1cncc(c1)Nc1ncc(Cl)c(n1)N2. The summed E-state index contributed by atoms with van der Waals surface area (Å²) in [4.78, 5) is 33.1. The highest BCUT2D eigenvalue weighted by Gasteiger charge is 2.23. The summed E-state index contributed by atoms with van der Waals surface area (Å²) < 4.78 is 0. The highest BCUT2D eigenvalue weighted by molar-refractivity contribution is 6.32. The number of amides is 1. The molecule has 5 heterocycles. The van der Waals surface area contributed by atoms with E-state index in [-0.39, 0.29) is 5.91 Å². The molecule has 9 nitrogen and oxygen atoms in total. The maximum absolute atomic E-state index is 13.1. The van der Waals surface area contributed by atoms with Gasteiger partial charge in [0.25, 0.3) is 0 Å². The number of hydrogen-bond acceptors (Lipinski definition) is 8. The van der Waals surface area contributed by atoms with Crippen molar-refractivity contribution in [3.8, 4) is 0 Å². The smallest absolute Gasteiger partial charge is 0.229 e. The van der Waals surface area contributed by atoms with E-state index in [1.807, 2.05) is 54.9 Å². The molecule has 0 unspecified atom stereocenters. The Hall–Kier alpha value is -4.24. The molecule has 3 aromatic heterocycles. The molecular weight excluding hydrogens is 512 g/mol. The Morgan fingerprint density at radius 3 is 2.74 bits per heavy atom. The second-order valence-corrected chi connectivity index (χ2v) is 10.4. The van der Waals surface area contributed by atoms with Gasteiger partial charge in [-0.05, 0) is 79.1 Å². The predicted octanol–water partition coefficient (Wildman–Crippen LogP) is 5.75. The van der Waals surface area contributed by atoms with Crippen molar-refractivity contribution >= 4 is 52.2 Å². The minimum Gasteiger partial charge on any atom is -0.357 e. The van der Waals surface area contributed by atoms with Gasteiger partial charge in [-0.15, -0.1) is 0 Å². The number of hydrogen-bond donors (Lipinski definition) is 3. The first-order chi connectivity index (χ1) is 19.1. The van der Waals surface area contributed by atoms with Crippen LogP contribution < -0.4 is 20.9 Å². The molecule has 2 aliphatic heterocycles. The van der Waals surface area contributed by atoms with E-state index in [0.29, 0.717) is 29.1 Å². The highest BCUT2D eigenvalue weighted by Crippen LogP contribution is 2.30. The molecule has 6 bridgehead atoms. The second-order valence-electron chi connectivity index (χ2n) is 9.96. The fourth-order valence-corrected chi connectivity index (χ4v) is 5.26. The zero-order valence-electron chi connectivity index (χ0n) is 21.4. The number of aryl methyl sites for hydroxylation is 2. The second kappa shape index (κ2) is 11.2. The van der Waals surface area contributed by atoms with Crippen molar-refractivity contribution in [2.24, 2.45) is 5.92 Å². The van der Waals surface area contributed by atoms with Gasteiger partial charge in [0.15, 0.2) is 5.82 Å². The van der Waals surface area contributed by atoms with Gasteiger partial charge < -0.3 is 20.9 Å². The molecule has 0 aliphatic carbocycles. The van der Waals surface area contributed by atoms with Crippen LogP contribution in [0.2, 0.25) is 5.02 Å². The van der Waals surface area contributed by atoms with Gasteiger partial charge in [-0.2, -0.15) is 4.98 Å². The lowest BCUT2D eigenvalue weighted by atomic mass is 9.93. The Labute approximate surface area is 232 Å². The van der Waals surface area contributed by atoms with Gasteiger partial charge in [-0.25, -0.2) is 9.97 Å². The van der Waals surface area contributed by atoms with Crippen molar-refractivity contribution in [1.29, 1.82) is 0 Å². The molecule has 39 heavy (non-hydrogen) atoms. The first kappa shape index (κ1) is 25.1. The molecular formula is C29H29ClN8O. The van der Waals surface area contributed by atoms with E-state index in [9.17, 15) is 4.79 Å². The quantitative estimate of drug-likeness (QED) is 0.300. The predicted molar refractivity (Wildman–Crippen MR) is 154 cm³/mol. The van der Waals surface area contributed by atoms with Crippen molar-refractivity contribution in [3.05, 3.63) is 83.4 Å². The number of carbonyl (C=O) groups is 1. The lowest BCUT2D eigenvalue weighted by Gasteiger charge is -2.32. The van der Waals surface area contributed by atoms with Gasteiger partial charge in [0.1, 0.15) is 10.8 Å². The summed E-state index contributed by atoms with van der Waals surface area (Å²) in [5.74, 6) is 2.33. The third-order valence-corrected chi connectivity index (χ3v) is 7.46. The first-order valence-electron chi connectivity index (χ1n) is 13.2. The van der Waals surface area contributed by atoms with Crippen LogP contribution in [0, 0.1) is 5.92 Å². The van der Waals surface area contributed by atoms with Crippen LogP contribution in [0.1, 0.15) is 30.4 Å². The zero-order valence-corrected chi connectivity index (χ0v) is 22.2. The van der Waals surface area contributed by atoms with Crippen LogP contribution >= 0.6 is 11.6 Å². The van der Waals surface area contributed by atoms with Crippen molar-refractivity contribution in [2.75, 3.05) is 33.9 Å². The average molecular weight is 541 g/mol. The van der Waals surface area contributed by atoms with E-state index in [0.717, 1.165) is 72.8 Å². The van der Waals surface area contributed by atoms with E-state index in [1.54, 1.807) is 12.4 Å². The average Bonchev–Trinajstić information content (AvgIpc) is 2.96. The normalized spacial score (nSPS) is 15.2. The summed E-state index contributed by atoms with van der Waals surface area (Å²) in [6.07, 6.45) is 10.9. The molecule has 4 aromatic rings. The number of halogens is 1. The third-order valence-electron chi connectivity index (χ3n) is 7.18. The largest absolute Gasteiger partial charge is 0.357 e. The summed E-state index contributed by atoms with van der Waals surface area (Å²) in [7, 11) is 0. The van der Waals surface area contributed by atoms with Crippen LogP contribution in [0.4, 0.5) is 34.6 Å². The highest BCUT2D eigenvalue weighted by atomic mass is 35.5. The number of nitrogens with one attached hydrogen (secondary N) is 3. The minimum absolute atomic E-state index is 0.0440. The number of fused-ring (bicyclic) bond motifs is 6. The molecule has 0 spiro atoms. The number of carbonyl (C=O) groups excluding carboxylic acids is 1. The maximum atomic E-state index is 13.1. The van der Waals surface area contributed by atoms with Crippen LogP contribution in [0.5, 0.6) is 0 Å². The molecule has 2 aliphatic rings. The van der Waals surface area contributed by atoms with Crippen molar-refractivity contribution in [3.63, 3.8) is 0 Å². The van der Waals surface area contributed by atoms with Crippen LogP contribution in [-0.2, 0) is 17.6 Å². The Morgan fingerprint density at radius 2 is 1.90 bits per heavy atom. The topological polar surface area (TPSA) is 108 Å². The molecule has 10 heteroatoms. The monoisotopic (exact) mass is 540 g/mol. The molecule has 198 valence electrons. The van der Waals surface area contributed by atoms with Crippen LogP contribution in [-0.4, -0.2) is 38.9 Å². The molecule has 1 aromatic carbocycles. The molecule has 6 rings (SSSR count). The molecule has 1 saturated heterocycles. The molecule has 0 saturated carbocycles. The van der Waals surface area contributed by atoms with E-state index in [4.69, 9.17) is 11.6 Å². The summed E-state index contributed by atoms with van der Waals surface area (Å²) in [5.41, 5.74) is 4.56. The minimum atomic E-state index is 0.0440. The van der Waals surface area contributed by atoms with E-state index in [1.165, 1.54) is 0 Å². The van der Waals surface area contributed by atoms with Gasteiger partial charge in [0.05, 0.1) is 18.1 Å². The van der Waals surface area contributed by atoms with Crippen LogP contribution in [0.3, 0.4) is 0 Å². The number of anilines is 6. The van der Waals surface area contributed by atoms with Gasteiger partial charge in [0, 0.05) is 43.3 Å². The zero-order chi connectivity index (χ0) is 26.6. The van der Waals surface area contributed by atoms with E-state index < -0.39 is 0 Å². The standard InChI is InChI=1S/C29H29ClN8O/c30-24-18-33-29-35-23-13-20(16-31-17-23)4-5-21-15-22(34-28(24)37-29)6-7-25(21)36-27(39)14-19-8-11-38(12-9-19)26-3-1-2-10-32-26/h1-3,6-7,10,13,15-19H,4-5,8-9,11-12,14H2,(H,36,39)(H2,33,34,35,37). The van der Waals surface area contributed by atoms with Gasteiger partial charge in [-0.3, -0.25) is 9.78 Å². The van der Waals surface area contributed by atoms with E-state index in [2.05, 4.69) is 40.8 Å². The van der Waals surface area contributed by atoms with Crippen molar-refractivity contribution < 1.29 is 4.79 Å². The Kier molecular flexibility index (Phi) is 7.23. The summed E-state index contributed by atoms with van der Waals surface area (Å²) >= 11 is 6.38. The molecule has 0 atom stereocenters. The molecule has 3 N–H and O–H groups in total. The summed E-state index contributed by atoms with van der Waals surface area (Å²) in [6.45, 7) is 1.83. The number of nitrogens with zero attached hydrogens (tertiary/aromatic N) is 5. The van der Waals surface area contributed by atoms with Crippen LogP contribution in [0.25, 0.3) is 0 Å². The Morgan fingerprint density at radius 1 is 1.00 bits per heavy atom. The lowest BCUT2D eigenvalue weighted by molar-refractivity contribution is -0.117. The first-order valence-corrected chi connectivity index (χ1v) is 13.6. The van der Waals surface area contributed by atoms with Gasteiger partial charge in [0.2, 0.25) is 11.9 Å². The number of rotatable bonds is 4. The van der Waals surface area contributed by atoms with Crippen LogP contribution in [0.15, 0.2) is 67.3 Å². The summed E-state index contributed by atoms with van der Waals surface area (Å²) in [5, 5.41) is 10.1. The number of piperidine rings is 1. The molecule has 1 fully saturated rings. The summed E-state index contributed by atoms with van der Waals surface area (Å²) in [6, 6.07) is 13.9. The van der Waals surface area contributed by atoms with Crippen molar-refractivity contribution in [1.82, 2.24) is 19.9 Å². The molecule has 0 radical (unpaired) electrons. The van der Waals surface area contributed by atoms with E-state index >= 15 is 0 Å². The fraction of sp³-hybridized carbons (Fsp3) is 0.276. The number of pyridine rings is 2.